The predicted octanol–water partition coefficient (Wildman–Crippen LogP) is 2.00. The van der Waals surface area contributed by atoms with Gasteiger partial charge in [-0.05, 0) is 30.5 Å². The Labute approximate surface area is 81.0 Å². The van der Waals surface area contributed by atoms with Gasteiger partial charge in [-0.15, -0.1) is 0 Å². The molecule has 3 nitrogen and oxygen atoms in total. The molecule has 0 aliphatic rings. The summed E-state index contributed by atoms with van der Waals surface area (Å²) in [4.78, 5) is 0. The number of hydrogen-bond donors (Lipinski definition) is 2. The van der Waals surface area contributed by atoms with Crippen LogP contribution in [0.1, 0.15) is 17.5 Å². The topological polar surface area (TPSA) is 64.2 Å². The third-order valence-corrected chi connectivity index (χ3v) is 1.99. The number of aromatic hydroxyl groups is 2. The van der Waals surface area contributed by atoms with Gasteiger partial charge in [-0.25, -0.2) is 0 Å². The van der Waals surface area contributed by atoms with Gasteiger partial charge in [0.1, 0.15) is 0 Å². The monoisotopic (exact) mass is 195 g/mol. The molecular weight excluding hydrogens is 185 g/mol. The number of phenolic OH excluding ortho intramolecular Hbond substituents is 2. The molecule has 0 saturated heterocycles. The lowest BCUT2D eigenvalue weighted by Crippen LogP contribution is -1.91. The van der Waals surface area contributed by atoms with Gasteiger partial charge < -0.3 is 10.2 Å². The molecule has 0 heterocycles. The van der Waals surface area contributed by atoms with Crippen LogP contribution in [0.25, 0.3) is 0 Å². The van der Waals surface area contributed by atoms with Crippen LogP contribution in [-0.4, -0.2) is 10.2 Å². The summed E-state index contributed by atoms with van der Waals surface area (Å²) in [6.45, 7) is 1.54. The molecule has 0 aliphatic carbocycles. The molecule has 1 aromatic rings. The fraction of sp³-hybridized carbons (Fsp3) is 0.300. The summed E-state index contributed by atoms with van der Waals surface area (Å²) in [5.41, 5.74) is 0.701. The van der Waals surface area contributed by atoms with Gasteiger partial charge in [0.25, 0.3) is 0 Å². The number of rotatable bonds is 2. The largest absolute Gasteiger partial charge is 0.505 e. The average molecular weight is 195 g/mol. The molecule has 1 rings (SSSR count). The maximum atomic E-state index is 13.1. The van der Waals surface area contributed by atoms with E-state index in [-0.39, 0.29) is 12.8 Å². The number of aryl methyl sites for hydroxylation is 2. The Bertz CT molecular complexity index is 396. The van der Waals surface area contributed by atoms with E-state index in [4.69, 9.17) is 10.4 Å². The van der Waals surface area contributed by atoms with Gasteiger partial charge in [0.15, 0.2) is 11.5 Å². The van der Waals surface area contributed by atoms with Crippen LogP contribution in [0.2, 0.25) is 0 Å². The SMILES string of the molecule is Cc1cc(CCC#N)c(O)c(F)c1O. The molecule has 0 radical (unpaired) electrons. The van der Waals surface area contributed by atoms with E-state index in [1.165, 1.54) is 13.0 Å². The molecule has 0 amide bonds. The van der Waals surface area contributed by atoms with E-state index >= 15 is 0 Å². The summed E-state index contributed by atoms with van der Waals surface area (Å²) in [5, 5.41) is 26.8. The molecule has 14 heavy (non-hydrogen) atoms. The van der Waals surface area contributed by atoms with Gasteiger partial charge in [0.05, 0.1) is 6.07 Å². The summed E-state index contributed by atoms with van der Waals surface area (Å²) in [7, 11) is 0. The number of hydrogen-bond acceptors (Lipinski definition) is 3. The van der Waals surface area contributed by atoms with Crippen LogP contribution in [0.15, 0.2) is 6.07 Å². The standard InChI is InChI=1S/C10H10FNO2/c1-6-5-7(3-2-4-12)10(14)8(11)9(6)13/h5,13-14H,2-3H2,1H3. The zero-order valence-corrected chi connectivity index (χ0v) is 7.71. The van der Waals surface area contributed by atoms with E-state index in [0.29, 0.717) is 11.1 Å². The molecule has 0 bridgehead atoms. The Morgan fingerprint density at radius 2 is 2.07 bits per heavy atom. The normalized spacial score (nSPS) is 9.79. The van der Waals surface area contributed by atoms with Crippen molar-refractivity contribution in [1.29, 1.82) is 5.26 Å². The van der Waals surface area contributed by atoms with Crippen molar-refractivity contribution in [2.45, 2.75) is 19.8 Å². The molecule has 0 unspecified atom stereocenters. The van der Waals surface area contributed by atoms with E-state index in [1.807, 2.05) is 6.07 Å². The lowest BCUT2D eigenvalue weighted by Gasteiger charge is -2.07. The van der Waals surface area contributed by atoms with Crippen molar-refractivity contribution in [3.05, 3.63) is 23.0 Å². The van der Waals surface area contributed by atoms with Crippen molar-refractivity contribution in [2.24, 2.45) is 0 Å². The smallest absolute Gasteiger partial charge is 0.206 e. The summed E-state index contributed by atoms with van der Waals surface area (Å²) in [5.74, 6) is -2.12. The second-order valence-electron chi connectivity index (χ2n) is 3.02. The van der Waals surface area contributed by atoms with E-state index in [2.05, 4.69) is 0 Å². The van der Waals surface area contributed by atoms with Crippen molar-refractivity contribution in [1.82, 2.24) is 0 Å². The first kappa shape index (κ1) is 10.3. The molecule has 1 aromatic carbocycles. The number of nitriles is 1. The zero-order valence-electron chi connectivity index (χ0n) is 7.71. The highest BCUT2D eigenvalue weighted by Gasteiger charge is 2.14. The summed E-state index contributed by atoms with van der Waals surface area (Å²) >= 11 is 0. The van der Waals surface area contributed by atoms with Crippen molar-refractivity contribution in [3.63, 3.8) is 0 Å². The molecule has 0 aliphatic heterocycles. The van der Waals surface area contributed by atoms with Gasteiger partial charge in [-0.3, -0.25) is 0 Å². The lowest BCUT2D eigenvalue weighted by atomic mass is 10.0. The molecule has 74 valence electrons. The van der Waals surface area contributed by atoms with Crippen LogP contribution in [0, 0.1) is 24.1 Å². The minimum atomic E-state index is -1.02. The van der Waals surface area contributed by atoms with Crippen molar-refractivity contribution in [2.75, 3.05) is 0 Å². The summed E-state index contributed by atoms with van der Waals surface area (Å²) < 4.78 is 13.1. The summed E-state index contributed by atoms with van der Waals surface area (Å²) in [6.07, 6.45) is 0.484. The lowest BCUT2D eigenvalue weighted by molar-refractivity contribution is 0.383. The third kappa shape index (κ3) is 1.77. The highest BCUT2D eigenvalue weighted by atomic mass is 19.1. The number of nitrogens with zero attached hydrogens (tertiary/aromatic N) is 1. The maximum absolute atomic E-state index is 13.1. The summed E-state index contributed by atoms with van der Waals surface area (Å²) in [6, 6.07) is 3.38. The molecule has 0 atom stereocenters. The molecule has 0 aromatic heterocycles. The van der Waals surface area contributed by atoms with Crippen molar-refractivity contribution >= 4 is 0 Å². The van der Waals surface area contributed by atoms with Gasteiger partial charge >= 0.3 is 0 Å². The minimum absolute atomic E-state index is 0.206. The highest BCUT2D eigenvalue weighted by molar-refractivity contribution is 5.46. The first-order chi connectivity index (χ1) is 6.57. The molecule has 0 saturated carbocycles. The Morgan fingerprint density at radius 1 is 1.43 bits per heavy atom. The number of benzene rings is 1. The van der Waals surface area contributed by atoms with Gasteiger partial charge in [0, 0.05) is 6.42 Å². The maximum Gasteiger partial charge on any atom is 0.206 e. The Hall–Kier alpha value is -1.76. The molecular formula is C10H10FNO2. The fourth-order valence-electron chi connectivity index (χ4n) is 1.21. The fourth-order valence-corrected chi connectivity index (χ4v) is 1.21. The number of phenols is 2. The van der Waals surface area contributed by atoms with Crippen LogP contribution in [0.5, 0.6) is 11.5 Å². The second-order valence-corrected chi connectivity index (χ2v) is 3.02. The van der Waals surface area contributed by atoms with Crippen molar-refractivity contribution < 1.29 is 14.6 Å². The second kappa shape index (κ2) is 3.97. The van der Waals surface area contributed by atoms with Crippen LogP contribution in [-0.2, 0) is 6.42 Å². The predicted molar refractivity (Wildman–Crippen MR) is 48.4 cm³/mol. The van der Waals surface area contributed by atoms with Crippen LogP contribution < -0.4 is 0 Å². The zero-order chi connectivity index (χ0) is 10.7. The molecule has 2 N–H and O–H groups in total. The minimum Gasteiger partial charge on any atom is -0.505 e. The molecule has 0 fully saturated rings. The van der Waals surface area contributed by atoms with E-state index < -0.39 is 17.3 Å². The van der Waals surface area contributed by atoms with Gasteiger partial charge in [-0.2, -0.15) is 9.65 Å². The van der Waals surface area contributed by atoms with Crippen LogP contribution >= 0.6 is 0 Å². The van der Waals surface area contributed by atoms with E-state index in [0.717, 1.165) is 0 Å². The van der Waals surface area contributed by atoms with Crippen molar-refractivity contribution in [3.8, 4) is 17.6 Å². The van der Waals surface area contributed by atoms with Crippen LogP contribution in [0.4, 0.5) is 4.39 Å². The van der Waals surface area contributed by atoms with E-state index in [1.54, 1.807) is 0 Å². The Balaban J connectivity index is 3.14. The van der Waals surface area contributed by atoms with Crippen LogP contribution in [0.3, 0.4) is 0 Å². The third-order valence-electron chi connectivity index (χ3n) is 1.99. The van der Waals surface area contributed by atoms with Gasteiger partial charge in [-0.1, -0.05) is 0 Å². The first-order valence-corrected chi connectivity index (χ1v) is 4.14. The van der Waals surface area contributed by atoms with E-state index in [9.17, 15) is 9.50 Å². The highest BCUT2D eigenvalue weighted by Crippen LogP contribution is 2.32. The first-order valence-electron chi connectivity index (χ1n) is 4.14. The molecule has 4 heteroatoms. The average Bonchev–Trinajstić information content (AvgIpc) is 2.18. The van der Waals surface area contributed by atoms with Gasteiger partial charge in [0.2, 0.25) is 5.82 Å². The Morgan fingerprint density at radius 3 is 2.64 bits per heavy atom. The molecule has 0 spiro atoms. The number of halogens is 1. The quantitative estimate of drug-likeness (QED) is 0.758. The Kier molecular flexibility index (Phi) is 2.92.